The van der Waals surface area contributed by atoms with Gasteiger partial charge in [-0.3, -0.25) is 14.2 Å². The van der Waals surface area contributed by atoms with E-state index in [2.05, 4.69) is 20.2 Å². The molecule has 1 aromatic carbocycles. The van der Waals surface area contributed by atoms with Crippen LogP contribution in [0.3, 0.4) is 0 Å². The minimum Gasteiger partial charge on any atom is -0.348 e. The average molecular weight is 480 g/mol. The number of rotatable bonds is 7. The molecule has 11 heteroatoms. The van der Waals surface area contributed by atoms with Gasteiger partial charge in [-0.05, 0) is 37.8 Å². The summed E-state index contributed by atoms with van der Waals surface area (Å²) in [6, 6.07) is 3.16. The van der Waals surface area contributed by atoms with Crippen molar-refractivity contribution in [2.45, 2.75) is 44.3 Å². The smallest absolute Gasteiger partial charge is 0.273 e. The Morgan fingerprint density at radius 2 is 1.97 bits per heavy atom. The van der Waals surface area contributed by atoms with E-state index in [1.54, 1.807) is 4.57 Å². The van der Waals surface area contributed by atoms with Crippen LogP contribution >= 0.6 is 23.1 Å². The molecule has 3 heterocycles. The van der Waals surface area contributed by atoms with Crippen molar-refractivity contribution in [2.24, 2.45) is 0 Å². The zero-order chi connectivity index (χ0) is 22.7. The van der Waals surface area contributed by atoms with E-state index in [1.807, 2.05) is 6.92 Å². The predicted molar refractivity (Wildman–Crippen MR) is 124 cm³/mol. The van der Waals surface area contributed by atoms with E-state index in [0.717, 1.165) is 61.4 Å². The summed E-state index contributed by atoms with van der Waals surface area (Å²) < 4.78 is 28.5. The van der Waals surface area contributed by atoms with Crippen LogP contribution in [-0.2, 0) is 11.3 Å². The first-order chi connectivity index (χ1) is 15.5. The Hall–Kier alpha value is -2.53. The van der Waals surface area contributed by atoms with Crippen LogP contribution in [0.25, 0.3) is 10.3 Å². The van der Waals surface area contributed by atoms with E-state index >= 15 is 0 Å². The lowest BCUT2D eigenvalue weighted by atomic mass is 10.1. The Balaban J connectivity index is 1.54. The van der Waals surface area contributed by atoms with Crippen molar-refractivity contribution in [1.29, 1.82) is 0 Å². The Morgan fingerprint density at radius 3 is 2.69 bits per heavy atom. The number of amides is 1. The highest BCUT2D eigenvalue weighted by Gasteiger charge is 2.20. The molecular weight excluding hydrogens is 456 g/mol. The van der Waals surface area contributed by atoms with Gasteiger partial charge < -0.3 is 10.2 Å². The number of carbonyl (C=O) groups excluding carboxylic acids is 1. The Morgan fingerprint density at radius 1 is 1.19 bits per heavy atom. The standard InChI is InChI=1S/C21H23F2N5O2S2/c1-2-8-28-19(30)17-18(25-20(32-17)27-9-4-3-5-10-27)26-21(28)31-12-16(29)24-13-6-7-14(22)15(23)11-13/h6-7,11H,2-5,8-10,12H2,1H3,(H,24,29). The van der Waals surface area contributed by atoms with Crippen molar-refractivity contribution in [3.63, 3.8) is 0 Å². The van der Waals surface area contributed by atoms with Gasteiger partial charge in [0.15, 0.2) is 27.6 Å². The molecule has 0 bridgehead atoms. The molecule has 1 aliphatic heterocycles. The molecule has 1 aliphatic rings. The maximum Gasteiger partial charge on any atom is 0.273 e. The fourth-order valence-corrected chi connectivity index (χ4v) is 5.35. The molecule has 0 spiro atoms. The summed E-state index contributed by atoms with van der Waals surface area (Å²) in [5, 5.41) is 3.76. The number of thiazole rings is 1. The molecule has 170 valence electrons. The predicted octanol–water partition coefficient (Wildman–Crippen LogP) is 4.26. The molecule has 1 fully saturated rings. The molecule has 0 radical (unpaired) electrons. The van der Waals surface area contributed by atoms with E-state index < -0.39 is 17.5 Å². The van der Waals surface area contributed by atoms with Crippen LogP contribution in [0.15, 0.2) is 28.2 Å². The van der Waals surface area contributed by atoms with Crippen LogP contribution in [-0.4, -0.2) is 39.3 Å². The number of fused-ring (bicyclic) bond motifs is 1. The van der Waals surface area contributed by atoms with E-state index in [4.69, 9.17) is 0 Å². The largest absolute Gasteiger partial charge is 0.348 e. The van der Waals surface area contributed by atoms with E-state index in [9.17, 15) is 18.4 Å². The second-order valence-corrected chi connectivity index (χ2v) is 9.43. The van der Waals surface area contributed by atoms with Crippen LogP contribution in [0.4, 0.5) is 19.6 Å². The van der Waals surface area contributed by atoms with Crippen molar-refractivity contribution in [2.75, 3.05) is 29.1 Å². The number of piperidine rings is 1. The van der Waals surface area contributed by atoms with Crippen LogP contribution in [0.2, 0.25) is 0 Å². The summed E-state index contributed by atoms with van der Waals surface area (Å²) in [7, 11) is 0. The van der Waals surface area contributed by atoms with Gasteiger partial charge in [-0.2, -0.15) is 4.98 Å². The third-order valence-electron chi connectivity index (χ3n) is 5.08. The van der Waals surface area contributed by atoms with Gasteiger partial charge in [0, 0.05) is 31.4 Å². The summed E-state index contributed by atoms with van der Waals surface area (Å²) >= 11 is 2.49. The highest BCUT2D eigenvalue weighted by Crippen LogP contribution is 2.29. The van der Waals surface area contributed by atoms with Gasteiger partial charge in [0.25, 0.3) is 5.56 Å². The van der Waals surface area contributed by atoms with Crippen LogP contribution in [0.5, 0.6) is 0 Å². The molecule has 7 nitrogen and oxygen atoms in total. The highest BCUT2D eigenvalue weighted by molar-refractivity contribution is 7.99. The summed E-state index contributed by atoms with van der Waals surface area (Å²) in [4.78, 5) is 36.8. The second-order valence-electron chi connectivity index (χ2n) is 7.51. The number of carbonyl (C=O) groups is 1. The van der Waals surface area contributed by atoms with Gasteiger partial charge in [0.05, 0.1) is 5.75 Å². The minimum atomic E-state index is -1.03. The van der Waals surface area contributed by atoms with Crippen molar-refractivity contribution in [3.8, 4) is 0 Å². The Labute approximate surface area is 191 Å². The summed E-state index contributed by atoms with van der Waals surface area (Å²) in [6.45, 7) is 4.29. The number of aromatic nitrogens is 3. The van der Waals surface area contributed by atoms with E-state index in [-0.39, 0.29) is 17.0 Å². The molecule has 32 heavy (non-hydrogen) atoms. The summed E-state index contributed by atoms with van der Waals surface area (Å²) in [6.07, 6.45) is 4.16. The van der Waals surface area contributed by atoms with Gasteiger partial charge in [-0.1, -0.05) is 30.0 Å². The molecule has 0 atom stereocenters. The average Bonchev–Trinajstić information content (AvgIpc) is 3.22. The molecule has 2 aromatic heterocycles. The number of hydrogen-bond donors (Lipinski definition) is 1. The normalized spacial score (nSPS) is 14.2. The van der Waals surface area contributed by atoms with Gasteiger partial charge >= 0.3 is 0 Å². The first-order valence-electron chi connectivity index (χ1n) is 10.5. The van der Waals surface area contributed by atoms with Crippen LogP contribution < -0.4 is 15.8 Å². The zero-order valence-corrected chi connectivity index (χ0v) is 19.2. The number of thioether (sulfide) groups is 1. The SMILES string of the molecule is CCCn1c(SCC(=O)Nc2ccc(F)c(F)c2)nc2nc(N3CCCCC3)sc2c1=O. The minimum absolute atomic E-state index is 0.0379. The molecule has 0 saturated carbocycles. The number of nitrogens with zero attached hydrogens (tertiary/aromatic N) is 4. The molecule has 4 rings (SSSR count). The molecular formula is C21H23F2N5O2S2. The number of benzene rings is 1. The van der Waals surface area contributed by atoms with E-state index in [0.29, 0.717) is 22.0 Å². The van der Waals surface area contributed by atoms with Gasteiger partial charge in [-0.15, -0.1) is 0 Å². The maximum absolute atomic E-state index is 13.4. The molecule has 1 N–H and O–H groups in total. The Kier molecular flexibility index (Phi) is 7.04. The number of nitrogens with one attached hydrogen (secondary N) is 1. The summed E-state index contributed by atoms with van der Waals surface area (Å²) in [5.74, 6) is -2.47. The van der Waals surface area contributed by atoms with Crippen molar-refractivity contribution in [3.05, 3.63) is 40.2 Å². The van der Waals surface area contributed by atoms with Crippen LogP contribution in [0, 0.1) is 11.6 Å². The van der Waals surface area contributed by atoms with Crippen molar-refractivity contribution >= 4 is 50.2 Å². The second kappa shape index (κ2) is 9.95. The Bertz CT molecular complexity index is 1190. The number of anilines is 2. The quantitative estimate of drug-likeness (QED) is 0.403. The van der Waals surface area contributed by atoms with Crippen molar-refractivity contribution in [1.82, 2.24) is 14.5 Å². The van der Waals surface area contributed by atoms with Crippen LogP contribution in [0.1, 0.15) is 32.6 Å². The molecule has 0 unspecified atom stereocenters. The topological polar surface area (TPSA) is 80.1 Å². The monoisotopic (exact) mass is 479 g/mol. The third-order valence-corrected chi connectivity index (χ3v) is 7.15. The van der Waals surface area contributed by atoms with Crippen molar-refractivity contribution < 1.29 is 13.6 Å². The molecule has 1 amide bonds. The van der Waals surface area contributed by atoms with Gasteiger partial charge in [-0.25, -0.2) is 13.8 Å². The van der Waals surface area contributed by atoms with Gasteiger partial charge in [0.2, 0.25) is 5.91 Å². The summed E-state index contributed by atoms with van der Waals surface area (Å²) in [5.41, 5.74) is 0.409. The molecule has 1 saturated heterocycles. The molecule has 0 aliphatic carbocycles. The lowest BCUT2D eigenvalue weighted by Crippen LogP contribution is -2.29. The first kappa shape index (κ1) is 22.7. The lowest BCUT2D eigenvalue weighted by molar-refractivity contribution is -0.113. The third kappa shape index (κ3) is 4.93. The highest BCUT2D eigenvalue weighted by atomic mass is 32.2. The van der Waals surface area contributed by atoms with E-state index in [1.165, 1.54) is 23.8 Å². The lowest BCUT2D eigenvalue weighted by Gasteiger charge is -2.25. The number of hydrogen-bond acceptors (Lipinski definition) is 7. The molecule has 3 aromatic rings. The first-order valence-corrected chi connectivity index (χ1v) is 12.3. The fraction of sp³-hybridized carbons (Fsp3) is 0.429. The number of halogens is 2. The zero-order valence-electron chi connectivity index (χ0n) is 17.6. The fourth-order valence-electron chi connectivity index (χ4n) is 3.53. The maximum atomic E-state index is 13.4. The van der Waals surface area contributed by atoms with Gasteiger partial charge in [0.1, 0.15) is 4.70 Å².